The number of carbonyl (C=O) groups is 2. The molecule has 118 valence electrons. The van der Waals surface area contributed by atoms with Crippen molar-refractivity contribution in [2.75, 3.05) is 6.61 Å². The van der Waals surface area contributed by atoms with Gasteiger partial charge in [-0.05, 0) is 53.4 Å². The van der Waals surface area contributed by atoms with Crippen LogP contribution < -0.4 is 15.5 Å². The van der Waals surface area contributed by atoms with Gasteiger partial charge in [0, 0.05) is 6.04 Å². The van der Waals surface area contributed by atoms with E-state index in [2.05, 4.69) is 31.8 Å². The summed E-state index contributed by atoms with van der Waals surface area (Å²) in [6, 6.07) is 3.30. The van der Waals surface area contributed by atoms with Gasteiger partial charge >= 0.3 is 11.8 Å². The first-order chi connectivity index (χ1) is 10.5. The Balaban J connectivity index is 1.97. The van der Waals surface area contributed by atoms with Gasteiger partial charge in [0.15, 0.2) is 11.5 Å². The molecule has 0 bridgehead atoms. The Bertz CT molecular complexity index is 614. The zero-order valence-corrected chi connectivity index (χ0v) is 13.5. The number of nitrogens with one attached hydrogen (secondary N) is 2. The molecule has 0 saturated heterocycles. The molecule has 0 radical (unpaired) electrons. The number of rotatable bonds is 5. The maximum absolute atomic E-state index is 11.5. The minimum Gasteiger partial charge on any atom is -0.503 e. The van der Waals surface area contributed by atoms with Crippen LogP contribution in [0.4, 0.5) is 0 Å². The highest BCUT2D eigenvalue weighted by Gasteiger charge is 2.26. The summed E-state index contributed by atoms with van der Waals surface area (Å²) in [5.41, 5.74) is 2.74. The van der Waals surface area contributed by atoms with E-state index >= 15 is 0 Å². The molecular formula is C14H16BrN3O4. The van der Waals surface area contributed by atoms with E-state index in [1.807, 2.05) is 0 Å². The van der Waals surface area contributed by atoms with E-state index in [0.29, 0.717) is 22.4 Å². The highest BCUT2D eigenvalue weighted by Crippen LogP contribution is 2.34. The molecule has 7 nitrogen and oxygen atoms in total. The van der Waals surface area contributed by atoms with E-state index < -0.39 is 11.8 Å². The number of halogens is 1. The third-order valence-corrected chi connectivity index (χ3v) is 3.45. The topological polar surface area (TPSA) is 100 Å². The summed E-state index contributed by atoms with van der Waals surface area (Å²) in [4.78, 5) is 22.9. The van der Waals surface area contributed by atoms with Gasteiger partial charge in [0.25, 0.3) is 0 Å². The number of aromatic hydroxyl groups is 1. The van der Waals surface area contributed by atoms with Crippen molar-refractivity contribution in [3.8, 4) is 11.5 Å². The molecule has 0 unspecified atom stereocenters. The third kappa shape index (κ3) is 4.45. The number of phenols is 1. The van der Waals surface area contributed by atoms with Crippen molar-refractivity contribution in [1.29, 1.82) is 0 Å². The molecule has 1 aromatic rings. The maximum Gasteiger partial charge on any atom is 0.329 e. The second-order valence-electron chi connectivity index (χ2n) is 4.73. The molecule has 0 aliphatic heterocycles. The molecule has 8 heteroatoms. The van der Waals surface area contributed by atoms with Gasteiger partial charge in [0.2, 0.25) is 0 Å². The second-order valence-corrected chi connectivity index (χ2v) is 5.58. The predicted molar refractivity (Wildman–Crippen MR) is 83.9 cm³/mol. The quantitative estimate of drug-likeness (QED) is 0.413. The number of phenolic OH excluding ortho intramolecular Hbond substituents is 1. The van der Waals surface area contributed by atoms with Crippen LogP contribution in [0.5, 0.6) is 11.5 Å². The minimum atomic E-state index is -0.814. The van der Waals surface area contributed by atoms with E-state index in [0.717, 1.165) is 12.8 Å². The normalized spacial score (nSPS) is 13.9. The van der Waals surface area contributed by atoms with E-state index in [4.69, 9.17) is 4.74 Å². The van der Waals surface area contributed by atoms with Crippen LogP contribution in [0.2, 0.25) is 0 Å². The van der Waals surface area contributed by atoms with Crippen LogP contribution >= 0.6 is 15.9 Å². The Hall–Kier alpha value is -2.09. The predicted octanol–water partition coefficient (Wildman–Crippen LogP) is 1.28. The number of hydrogen-bond donors (Lipinski definition) is 3. The van der Waals surface area contributed by atoms with Crippen molar-refractivity contribution in [3.63, 3.8) is 0 Å². The van der Waals surface area contributed by atoms with Gasteiger partial charge in [0.05, 0.1) is 17.3 Å². The van der Waals surface area contributed by atoms with Crippen LogP contribution in [-0.4, -0.2) is 35.8 Å². The lowest BCUT2D eigenvalue weighted by Gasteiger charge is -2.08. The van der Waals surface area contributed by atoms with Crippen LogP contribution in [0.1, 0.15) is 25.3 Å². The smallest absolute Gasteiger partial charge is 0.329 e. The van der Waals surface area contributed by atoms with Crippen LogP contribution in [-0.2, 0) is 9.59 Å². The maximum atomic E-state index is 11.5. The van der Waals surface area contributed by atoms with Crippen molar-refractivity contribution >= 4 is 34.0 Å². The van der Waals surface area contributed by atoms with Gasteiger partial charge < -0.3 is 15.2 Å². The van der Waals surface area contributed by atoms with Crippen LogP contribution in [0.25, 0.3) is 0 Å². The average molecular weight is 370 g/mol. The summed E-state index contributed by atoms with van der Waals surface area (Å²) >= 11 is 3.20. The van der Waals surface area contributed by atoms with E-state index in [1.165, 1.54) is 6.21 Å². The second kappa shape index (κ2) is 7.26. The van der Waals surface area contributed by atoms with Gasteiger partial charge in [-0.25, -0.2) is 5.43 Å². The number of amides is 2. The molecule has 1 fully saturated rings. The van der Waals surface area contributed by atoms with Crippen molar-refractivity contribution in [3.05, 3.63) is 22.2 Å². The standard InChI is InChI=1S/C14H16BrN3O4/c1-2-22-11-6-8(5-10(15)12(11)19)7-16-18-14(21)13(20)17-9-3-4-9/h5-7,9,19H,2-4H2,1H3,(H,17,20)(H,18,21)/b16-7+. The summed E-state index contributed by atoms with van der Waals surface area (Å²) in [5.74, 6) is -1.21. The Labute approximate surface area is 135 Å². The van der Waals surface area contributed by atoms with Gasteiger partial charge in [-0.15, -0.1) is 0 Å². The summed E-state index contributed by atoms with van der Waals surface area (Å²) in [5, 5.41) is 16.1. The van der Waals surface area contributed by atoms with Crippen molar-refractivity contribution in [1.82, 2.24) is 10.7 Å². The monoisotopic (exact) mass is 369 g/mol. The number of carbonyl (C=O) groups excluding carboxylic acids is 2. The first-order valence-electron chi connectivity index (χ1n) is 6.80. The van der Waals surface area contributed by atoms with Crippen molar-refractivity contribution in [2.24, 2.45) is 5.10 Å². The number of hydrogen-bond acceptors (Lipinski definition) is 5. The molecule has 2 amide bonds. The number of benzene rings is 1. The highest BCUT2D eigenvalue weighted by atomic mass is 79.9. The van der Waals surface area contributed by atoms with Gasteiger partial charge in [-0.2, -0.15) is 5.10 Å². The molecule has 0 heterocycles. The fourth-order valence-corrected chi connectivity index (χ4v) is 2.09. The molecule has 22 heavy (non-hydrogen) atoms. The Kier molecular flexibility index (Phi) is 5.37. The summed E-state index contributed by atoms with van der Waals surface area (Å²) in [7, 11) is 0. The Morgan fingerprint density at radius 2 is 2.18 bits per heavy atom. The highest BCUT2D eigenvalue weighted by molar-refractivity contribution is 9.10. The molecule has 0 atom stereocenters. The molecule has 1 aromatic carbocycles. The minimum absolute atomic E-state index is 0.00755. The summed E-state index contributed by atoms with van der Waals surface area (Å²) in [6.45, 7) is 2.20. The van der Waals surface area contributed by atoms with Crippen molar-refractivity contribution < 1.29 is 19.4 Å². The molecule has 1 saturated carbocycles. The Morgan fingerprint density at radius 3 is 2.82 bits per heavy atom. The van der Waals surface area contributed by atoms with Crippen molar-refractivity contribution in [2.45, 2.75) is 25.8 Å². The SMILES string of the molecule is CCOc1cc(/C=N/NC(=O)C(=O)NC2CC2)cc(Br)c1O. The number of nitrogens with zero attached hydrogens (tertiary/aromatic N) is 1. The van der Waals surface area contributed by atoms with Crippen LogP contribution in [0, 0.1) is 0 Å². The summed E-state index contributed by atoms with van der Waals surface area (Å²) in [6.07, 6.45) is 3.17. The first kappa shape index (κ1) is 16.3. The largest absolute Gasteiger partial charge is 0.503 e. The lowest BCUT2D eigenvalue weighted by molar-refractivity contribution is -0.139. The first-order valence-corrected chi connectivity index (χ1v) is 7.59. The molecule has 1 aliphatic rings. The third-order valence-electron chi connectivity index (χ3n) is 2.85. The van der Waals surface area contributed by atoms with E-state index in [-0.39, 0.29) is 11.8 Å². The van der Waals surface area contributed by atoms with E-state index in [9.17, 15) is 14.7 Å². The van der Waals surface area contributed by atoms with Crippen LogP contribution in [0.15, 0.2) is 21.7 Å². The van der Waals surface area contributed by atoms with Gasteiger partial charge in [-0.3, -0.25) is 9.59 Å². The Morgan fingerprint density at radius 1 is 1.45 bits per heavy atom. The lowest BCUT2D eigenvalue weighted by atomic mass is 10.2. The zero-order chi connectivity index (χ0) is 16.1. The molecule has 0 spiro atoms. The molecule has 0 aromatic heterocycles. The molecular weight excluding hydrogens is 354 g/mol. The van der Waals surface area contributed by atoms with Gasteiger partial charge in [0.1, 0.15) is 0 Å². The number of hydrazone groups is 1. The molecule has 2 rings (SSSR count). The zero-order valence-electron chi connectivity index (χ0n) is 11.9. The number of ether oxygens (including phenoxy) is 1. The van der Waals surface area contributed by atoms with Gasteiger partial charge in [-0.1, -0.05) is 0 Å². The lowest BCUT2D eigenvalue weighted by Crippen LogP contribution is -2.38. The fourth-order valence-electron chi connectivity index (χ4n) is 1.63. The van der Waals surface area contributed by atoms with E-state index in [1.54, 1.807) is 19.1 Å². The average Bonchev–Trinajstić information content (AvgIpc) is 3.28. The molecule has 3 N–H and O–H groups in total. The fraction of sp³-hybridized carbons (Fsp3) is 0.357. The molecule has 1 aliphatic carbocycles. The van der Waals surface area contributed by atoms with Crippen LogP contribution in [0.3, 0.4) is 0 Å². The summed E-state index contributed by atoms with van der Waals surface area (Å²) < 4.78 is 5.72.